The maximum atomic E-state index is 12.1. The molecule has 2 N–H and O–H groups in total. The van der Waals surface area contributed by atoms with E-state index in [2.05, 4.69) is 20.8 Å². The summed E-state index contributed by atoms with van der Waals surface area (Å²) in [5.41, 5.74) is 5.28. The number of aromatic nitrogens is 1. The van der Waals surface area contributed by atoms with Gasteiger partial charge in [0.2, 0.25) is 5.13 Å². The van der Waals surface area contributed by atoms with Crippen molar-refractivity contribution in [3.8, 4) is 11.3 Å². The zero-order valence-electron chi connectivity index (χ0n) is 16.3. The fraction of sp³-hybridized carbons (Fsp3) is 0.190. The second-order valence-corrected chi connectivity index (χ2v) is 8.37. The van der Waals surface area contributed by atoms with Gasteiger partial charge in [0.1, 0.15) is 5.60 Å². The van der Waals surface area contributed by atoms with Gasteiger partial charge in [-0.05, 0) is 32.9 Å². The van der Waals surface area contributed by atoms with Gasteiger partial charge in [-0.1, -0.05) is 48.0 Å². The zero-order valence-corrected chi connectivity index (χ0v) is 17.8. The maximum absolute atomic E-state index is 12.1. The van der Waals surface area contributed by atoms with Crippen molar-refractivity contribution in [3.63, 3.8) is 0 Å². The van der Waals surface area contributed by atoms with Crippen LogP contribution in [0.15, 0.2) is 59.0 Å². The van der Waals surface area contributed by atoms with E-state index in [9.17, 15) is 4.79 Å². The highest BCUT2D eigenvalue weighted by atomic mass is 35.5. The van der Waals surface area contributed by atoms with Gasteiger partial charge in [0.25, 0.3) is 0 Å². The molecule has 0 radical (unpaired) electrons. The number of anilines is 2. The van der Waals surface area contributed by atoms with Crippen LogP contribution in [0.3, 0.4) is 0 Å². The lowest BCUT2D eigenvalue weighted by Crippen LogP contribution is -2.27. The van der Waals surface area contributed by atoms with Crippen molar-refractivity contribution in [1.29, 1.82) is 0 Å². The van der Waals surface area contributed by atoms with E-state index >= 15 is 0 Å². The zero-order chi connectivity index (χ0) is 20.9. The minimum Gasteiger partial charge on any atom is -0.444 e. The highest BCUT2D eigenvalue weighted by Crippen LogP contribution is 2.26. The summed E-state index contributed by atoms with van der Waals surface area (Å²) < 4.78 is 5.29. The van der Waals surface area contributed by atoms with Gasteiger partial charge in [-0.3, -0.25) is 10.7 Å². The molecule has 0 unspecified atom stereocenters. The van der Waals surface area contributed by atoms with Crippen LogP contribution in [-0.2, 0) is 4.74 Å². The first-order chi connectivity index (χ1) is 13.8. The van der Waals surface area contributed by atoms with Gasteiger partial charge in [-0.15, -0.1) is 11.3 Å². The number of amides is 1. The van der Waals surface area contributed by atoms with Crippen LogP contribution in [0.5, 0.6) is 0 Å². The van der Waals surface area contributed by atoms with Crippen molar-refractivity contribution >= 4 is 46.1 Å². The molecule has 0 saturated heterocycles. The number of benzene rings is 2. The summed E-state index contributed by atoms with van der Waals surface area (Å²) in [6.07, 6.45) is 0.980. The van der Waals surface area contributed by atoms with Crippen LogP contribution in [0.1, 0.15) is 26.3 Å². The Morgan fingerprint density at radius 3 is 2.66 bits per heavy atom. The third kappa shape index (κ3) is 6.04. The Labute approximate surface area is 178 Å². The molecule has 150 valence electrons. The van der Waals surface area contributed by atoms with Crippen LogP contribution in [0.4, 0.5) is 15.6 Å². The Balaban J connectivity index is 1.71. The Morgan fingerprint density at radius 1 is 1.17 bits per heavy atom. The van der Waals surface area contributed by atoms with Gasteiger partial charge in [-0.2, -0.15) is 5.10 Å². The molecule has 29 heavy (non-hydrogen) atoms. The van der Waals surface area contributed by atoms with Crippen molar-refractivity contribution in [1.82, 2.24) is 4.98 Å². The maximum Gasteiger partial charge on any atom is 0.412 e. The molecule has 0 aliphatic heterocycles. The smallest absolute Gasteiger partial charge is 0.412 e. The number of carbonyl (C=O) groups is 1. The third-order valence-electron chi connectivity index (χ3n) is 3.62. The van der Waals surface area contributed by atoms with Crippen molar-refractivity contribution in [2.45, 2.75) is 26.4 Å². The van der Waals surface area contributed by atoms with E-state index in [1.54, 1.807) is 45.2 Å². The number of nitrogens with one attached hydrogen (secondary N) is 2. The quantitative estimate of drug-likeness (QED) is 0.371. The molecule has 1 heterocycles. The topological polar surface area (TPSA) is 75.6 Å². The number of rotatable bonds is 5. The largest absolute Gasteiger partial charge is 0.444 e. The molecule has 1 aromatic heterocycles. The van der Waals surface area contributed by atoms with Gasteiger partial charge in [0.05, 0.1) is 22.6 Å². The lowest BCUT2D eigenvalue weighted by molar-refractivity contribution is 0.0636. The normalized spacial score (nSPS) is 11.4. The fourth-order valence-electron chi connectivity index (χ4n) is 2.41. The predicted molar refractivity (Wildman–Crippen MR) is 120 cm³/mol. The predicted octanol–water partition coefficient (Wildman–Crippen LogP) is 6.26. The van der Waals surface area contributed by atoms with Gasteiger partial charge in [0.15, 0.2) is 0 Å². The van der Waals surface area contributed by atoms with E-state index in [1.807, 2.05) is 35.7 Å². The molecule has 0 fully saturated rings. The van der Waals surface area contributed by atoms with E-state index in [0.717, 1.165) is 11.3 Å². The van der Waals surface area contributed by atoms with Crippen LogP contribution in [-0.4, -0.2) is 22.9 Å². The molecule has 6 nitrogen and oxygen atoms in total. The van der Waals surface area contributed by atoms with E-state index in [0.29, 0.717) is 21.4 Å². The molecular formula is C21H21ClN4O2S. The van der Waals surface area contributed by atoms with Crippen LogP contribution in [0, 0.1) is 0 Å². The minimum atomic E-state index is -0.597. The highest BCUT2D eigenvalue weighted by molar-refractivity contribution is 7.14. The van der Waals surface area contributed by atoms with Crippen molar-refractivity contribution in [2.75, 3.05) is 10.7 Å². The Morgan fingerprint density at radius 2 is 1.93 bits per heavy atom. The summed E-state index contributed by atoms with van der Waals surface area (Å²) in [5, 5.41) is 9.98. The second-order valence-electron chi connectivity index (χ2n) is 7.10. The van der Waals surface area contributed by atoms with Gasteiger partial charge in [-0.25, -0.2) is 9.78 Å². The van der Waals surface area contributed by atoms with Crippen LogP contribution < -0.4 is 10.7 Å². The van der Waals surface area contributed by atoms with Crippen LogP contribution in [0.25, 0.3) is 11.3 Å². The van der Waals surface area contributed by atoms with Gasteiger partial charge < -0.3 is 4.74 Å². The summed E-state index contributed by atoms with van der Waals surface area (Å²) >= 11 is 7.73. The molecule has 8 heteroatoms. The number of halogens is 1. The molecule has 0 atom stereocenters. The number of hydrogen-bond donors (Lipinski definition) is 2. The monoisotopic (exact) mass is 428 g/mol. The molecule has 0 aliphatic carbocycles. The van der Waals surface area contributed by atoms with Crippen LogP contribution in [0.2, 0.25) is 5.02 Å². The van der Waals surface area contributed by atoms with E-state index < -0.39 is 11.7 Å². The van der Waals surface area contributed by atoms with Crippen molar-refractivity contribution < 1.29 is 9.53 Å². The molecule has 0 bridgehead atoms. The third-order valence-corrected chi connectivity index (χ3v) is 4.69. The minimum absolute atomic E-state index is 0.452. The summed E-state index contributed by atoms with van der Waals surface area (Å²) in [6, 6.07) is 15.1. The van der Waals surface area contributed by atoms with Crippen molar-refractivity contribution in [3.05, 3.63) is 64.5 Å². The number of carbonyl (C=O) groups excluding carboxylic acids is 1. The Kier molecular flexibility index (Phi) is 6.51. The number of ether oxygens (including phenoxy) is 1. The molecular weight excluding hydrogens is 408 g/mol. The first kappa shape index (κ1) is 20.8. The first-order valence-corrected chi connectivity index (χ1v) is 10.2. The molecule has 2 aromatic carbocycles. The lowest BCUT2D eigenvalue weighted by Gasteiger charge is -2.20. The molecule has 1 amide bonds. The lowest BCUT2D eigenvalue weighted by atomic mass is 10.2. The van der Waals surface area contributed by atoms with Gasteiger partial charge in [0, 0.05) is 16.5 Å². The number of nitrogens with zero attached hydrogens (tertiary/aromatic N) is 2. The standard InChI is InChI=1S/C21H21ClN4O2S/c1-21(2,3)28-20(27)25-17-11-7-10-16(22)15(17)12-23-26-19-24-18(13-29-19)14-8-5-4-6-9-14/h4-13H,1-3H3,(H,24,26)(H,25,27). The summed E-state index contributed by atoms with van der Waals surface area (Å²) in [4.78, 5) is 16.6. The molecule has 0 spiro atoms. The van der Waals surface area contributed by atoms with E-state index in [1.165, 1.54) is 11.3 Å². The number of hydrazone groups is 1. The average Bonchev–Trinajstić information content (AvgIpc) is 3.12. The highest BCUT2D eigenvalue weighted by Gasteiger charge is 2.17. The Hall–Kier alpha value is -2.90. The molecule has 0 saturated carbocycles. The van der Waals surface area contributed by atoms with Crippen molar-refractivity contribution in [2.24, 2.45) is 5.10 Å². The molecule has 3 rings (SSSR count). The first-order valence-electron chi connectivity index (χ1n) is 8.90. The number of hydrogen-bond acceptors (Lipinski definition) is 6. The average molecular weight is 429 g/mol. The number of thiazole rings is 1. The van der Waals surface area contributed by atoms with Crippen LogP contribution >= 0.6 is 22.9 Å². The van der Waals surface area contributed by atoms with E-state index in [4.69, 9.17) is 16.3 Å². The second kappa shape index (κ2) is 9.07. The van der Waals surface area contributed by atoms with E-state index in [-0.39, 0.29) is 0 Å². The molecule has 0 aliphatic rings. The Bertz CT molecular complexity index is 1010. The summed E-state index contributed by atoms with van der Waals surface area (Å²) in [7, 11) is 0. The SMILES string of the molecule is CC(C)(C)OC(=O)Nc1cccc(Cl)c1C=NNc1nc(-c2ccccc2)cs1. The fourth-order valence-corrected chi connectivity index (χ4v) is 3.30. The van der Waals surface area contributed by atoms with Gasteiger partial charge >= 0.3 is 6.09 Å². The molecule has 3 aromatic rings. The summed E-state index contributed by atoms with van der Waals surface area (Å²) in [6.45, 7) is 5.40. The summed E-state index contributed by atoms with van der Waals surface area (Å²) in [5.74, 6) is 0.